The van der Waals surface area contributed by atoms with Crippen molar-refractivity contribution in [3.05, 3.63) is 11.6 Å². The summed E-state index contributed by atoms with van der Waals surface area (Å²) in [6.45, 7) is 17.7. The van der Waals surface area contributed by atoms with Gasteiger partial charge in [0.05, 0.1) is 31.3 Å². The first kappa shape index (κ1) is 40.5. The SMILES string of the molecule is CCCCCO[C@@H]1C[C@]23C4=CC[C@@]5(C)[C@H](C(=O)O)[C@@](C)([C@H](C)C(C)C)CC[C@]5(C)[C@H]4CC[C@H]2[C@@](C)(COC3O)[C@H]1O[C@@H]1O[C@H](CO)[C@@H](O)[C@H](O)[C@H]1O. The van der Waals surface area contributed by atoms with Crippen molar-refractivity contribution in [1.82, 2.24) is 0 Å². The molecular weight excluding hydrogens is 668 g/mol. The maximum absolute atomic E-state index is 13.5. The molecule has 3 saturated carbocycles. The molecule has 0 aromatic carbocycles. The molecule has 17 atom stereocenters. The minimum absolute atomic E-state index is 0.0486. The Kier molecular flexibility index (Phi) is 11.2. The molecule has 6 aliphatic rings. The molecule has 6 N–H and O–H groups in total. The quantitative estimate of drug-likeness (QED) is 0.0990. The van der Waals surface area contributed by atoms with E-state index < -0.39 is 83.9 Å². The molecule has 1 unspecified atom stereocenters. The lowest BCUT2D eigenvalue weighted by atomic mass is 9.34. The fraction of sp³-hybridized carbons (Fsp3) is 0.927. The number of hydrogen-bond donors (Lipinski definition) is 6. The second kappa shape index (κ2) is 14.4. The minimum Gasteiger partial charge on any atom is -0.481 e. The third-order valence-electron chi connectivity index (χ3n) is 16.4. The summed E-state index contributed by atoms with van der Waals surface area (Å²) in [4.78, 5) is 13.5. The van der Waals surface area contributed by atoms with Gasteiger partial charge < -0.3 is 49.6 Å². The molecule has 11 heteroatoms. The van der Waals surface area contributed by atoms with Crippen molar-refractivity contribution < 1.29 is 54.4 Å². The van der Waals surface area contributed by atoms with Crippen LogP contribution in [0.25, 0.3) is 0 Å². The van der Waals surface area contributed by atoms with Crippen LogP contribution in [0.4, 0.5) is 0 Å². The lowest BCUT2D eigenvalue weighted by Gasteiger charge is -2.72. The average molecular weight is 737 g/mol. The molecule has 0 aromatic heterocycles. The lowest BCUT2D eigenvalue weighted by molar-refractivity contribution is -0.372. The highest BCUT2D eigenvalue weighted by molar-refractivity contribution is 5.73. The van der Waals surface area contributed by atoms with Crippen molar-refractivity contribution in [3.8, 4) is 0 Å². The average Bonchev–Trinajstić information content (AvgIpc) is 3.09. The minimum atomic E-state index is -1.58. The predicted molar refractivity (Wildman–Crippen MR) is 193 cm³/mol. The van der Waals surface area contributed by atoms with E-state index >= 15 is 0 Å². The van der Waals surface area contributed by atoms with Crippen LogP contribution in [0.1, 0.15) is 113 Å². The van der Waals surface area contributed by atoms with Crippen molar-refractivity contribution in [3.63, 3.8) is 0 Å². The third kappa shape index (κ3) is 5.80. The summed E-state index contributed by atoms with van der Waals surface area (Å²) in [6.07, 6.45) is 0.104. The molecule has 0 amide bonds. The third-order valence-corrected chi connectivity index (χ3v) is 16.4. The molecule has 2 bridgehead atoms. The second-order valence-electron chi connectivity index (χ2n) is 19.0. The normalized spacial score (nSPS) is 50.8. The van der Waals surface area contributed by atoms with Crippen molar-refractivity contribution >= 4 is 5.97 Å². The molecule has 11 nitrogen and oxygen atoms in total. The molecular formula is C41H68O11. The van der Waals surface area contributed by atoms with Crippen LogP contribution in [0.15, 0.2) is 11.6 Å². The maximum Gasteiger partial charge on any atom is 0.307 e. The Labute approximate surface area is 310 Å². The Bertz CT molecular complexity index is 1340. The molecule has 0 spiro atoms. The first-order valence-electron chi connectivity index (χ1n) is 20.2. The molecule has 2 heterocycles. The van der Waals surface area contributed by atoms with Crippen molar-refractivity contribution in [2.75, 3.05) is 19.8 Å². The van der Waals surface area contributed by atoms with Crippen LogP contribution in [0, 0.1) is 56.7 Å². The Hall–Kier alpha value is -1.15. The summed E-state index contributed by atoms with van der Waals surface area (Å²) in [5.41, 5.74) is -1.53. The van der Waals surface area contributed by atoms with Crippen LogP contribution in [-0.4, -0.2) is 106 Å². The molecule has 5 fully saturated rings. The van der Waals surface area contributed by atoms with Gasteiger partial charge in [-0.05, 0) is 84.9 Å². The zero-order valence-electron chi connectivity index (χ0n) is 32.8. The monoisotopic (exact) mass is 736 g/mol. The topological polar surface area (TPSA) is 175 Å². The van der Waals surface area contributed by atoms with E-state index in [4.69, 9.17) is 18.9 Å². The van der Waals surface area contributed by atoms with Crippen LogP contribution in [0.3, 0.4) is 0 Å². The lowest BCUT2D eigenvalue weighted by Crippen LogP contribution is -2.73. The predicted octanol–water partition coefficient (Wildman–Crippen LogP) is 4.65. The number of allylic oxidation sites excluding steroid dienone is 1. The largest absolute Gasteiger partial charge is 0.481 e. The van der Waals surface area contributed by atoms with Crippen LogP contribution in [-0.2, 0) is 23.7 Å². The zero-order valence-corrected chi connectivity index (χ0v) is 32.8. The van der Waals surface area contributed by atoms with E-state index in [1.54, 1.807) is 0 Å². The number of unbranched alkanes of at least 4 members (excludes halogenated alkanes) is 2. The van der Waals surface area contributed by atoms with E-state index in [-0.39, 0.29) is 35.2 Å². The molecule has 0 radical (unpaired) electrons. The Morgan fingerprint density at radius 1 is 0.981 bits per heavy atom. The van der Waals surface area contributed by atoms with E-state index in [2.05, 4.69) is 61.5 Å². The van der Waals surface area contributed by atoms with E-state index in [1.165, 1.54) is 5.57 Å². The summed E-state index contributed by atoms with van der Waals surface area (Å²) in [6, 6.07) is 0. The molecule has 6 rings (SSSR count). The highest BCUT2D eigenvalue weighted by Gasteiger charge is 2.74. The number of carbonyl (C=O) groups is 1. The Balaban J connectivity index is 1.41. The highest BCUT2D eigenvalue weighted by Crippen LogP contribution is 2.75. The molecule has 52 heavy (non-hydrogen) atoms. The summed E-state index contributed by atoms with van der Waals surface area (Å²) in [5, 5.41) is 65.2. The van der Waals surface area contributed by atoms with E-state index in [1.807, 2.05) is 0 Å². The zero-order chi connectivity index (χ0) is 38.2. The van der Waals surface area contributed by atoms with Gasteiger partial charge in [-0.25, -0.2) is 0 Å². The molecule has 2 saturated heterocycles. The van der Waals surface area contributed by atoms with E-state index in [9.17, 15) is 35.4 Å². The summed E-state index contributed by atoms with van der Waals surface area (Å²) < 4.78 is 25.6. The van der Waals surface area contributed by atoms with Gasteiger partial charge in [0.2, 0.25) is 0 Å². The molecule has 4 aliphatic carbocycles. The number of aliphatic hydroxyl groups excluding tert-OH is 5. The van der Waals surface area contributed by atoms with Gasteiger partial charge >= 0.3 is 5.97 Å². The van der Waals surface area contributed by atoms with Crippen LogP contribution in [0.2, 0.25) is 0 Å². The summed E-state index contributed by atoms with van der Waals surface area (Å²) >= 11 is 0. The second-order valence-corrected chi connectivity index (χ2v) is 19.0. The van der Waals surface area contributed by atoms with Gasteiger partial charge in [0, 0.05) is 17.4 Å². The van der Waals surface area contributed by atoms with Crippen molar-refractivity contribution in [2.45, 2.75) is 162 Å². The first-order chi connectivity index (χ1) is 24.4. The number of ether oxygens (including phenoxy) is 4. The fourth-order valence-electron chi connectivity index (χ4n) is 12.9. The van der Waals surface area contributed by atoms with E-state index in [0.717, 1.165) is 44.9 Å². The van der Waals surface area contributed by atoms with Crippen molar-refractivity contribution in [2.24, 2.45) is 56.7 Å². The van der Waals surface area contributed by atoms with Gasteiger partial charge in [0.15, 0.2) is 12.6 Å². The number of carboxylic acids is 1. The molecule has 298 valence electrons. The number of aliphatic carboxylic acids is 1. The molecule has 2 aliphatic heterocycles. The molecule has 0 aromatic rings. The Morgan fingerprint density at radius 2 is 1.69 bits per heavy atom. The number of carboxylic acid groups (broad SMARTS) is 1. The van der Waals surface area contributed by atoms with Gasteiger partial charge in [-0.2, -0.15) is 0 Å². The summed E-state index contributed by atoms with van der Waals surface area (Å²) in [5.74, 6) is -0.701. The van der Waals surface area contributed by atoms with Crippen LogP contribution < -0.4 is 0 Å². The standard InChI is InChI=1S/C41H68O11/c1-9-10-11-18-49-26-19-41-25-14-15-40(8)32(34(46)47)37(5,23(4)22(2)3)16-17-39(40,7)24(25)12-13-28(41)38(6,21-50-36(41)48)33(26)52-35-31(45)30(44)29(43)27(20-42)51-35/h14,22-24,26-33,35-36,42-45,48H,9-13,15-21H2,1-8H3,(H,46,47)/t23-,24+,26-,27-,28+,29-,30+,31-,32-,33+,35+,36?,37-,38-,39-,40+,41+/m1/s1. The Morgan fingerprint density at radius 3 is 2.33 bits per heavy atom. The van der Waals surface area contributed by atoms with Crippen molar-refractivity contribution in [1.29, 1.82) is 0 Å². The summed E-state index contributed by atoms with van der Waals surface area (Å²) in [7, 11) is 0. The van der Waals surface area contributed by atoms with Gasteiger partial charge in [-0.1, -0.05) is 79.9 Å². The van der Waals surface area contributed by atoms with Gasteiger partial charge in [-0.15, -0.1) is 0 Å². The number of hydrogen-bond acceptors (Lipinski definition) is 10. The fourth-order valence-corrected chi connectivity index (χ4v) is 12.9. The smallest absolute Gasteiger partial charge is 0.307 e. The number of aliphatic hydroxyl groups is 5. The number of rotatable bonds is 11. The first-order valence-corrected chi connectivity index (χ1v) is 20.2. The number of fused-ring (bicyclic) bond motifs is 3. The maximum atomic E-state index is 13.5. The van der Waals surface area contributed by atoms with Gasteiger partial charge in [0.1, 0.15) is 24.4 Å². The highest BCUT2D eigenvalue weighted by atomic mass is 16.7. The van der Waals surface area contributed by atoms with E-state index in [0.29, 0.717) is 25.4 Å². The van der Waals surface area contributed by atoms with Gasteiger partial charge in [-0.3, -0.25) is 4.79 Å². The van der Waals surface area contributed by atoms with Crippen LogP contribution in [0.5, 0.6) is 0 Å². The van der Waals surface area contributed by atoms with Gasteiger partial charge in [0.25, 0.3) is 0 Å². The van der Waals surface area contributed by atoms with Crippen LogP contribution >= 0.6 is 0 Å².